The summed E-state index contributed by atoms with van der Waals surface area (Å²) >= 11 is 0. The van der Waals surface area contributed by atoms with E-state index in [-0.39, 0.29) is 23.7 Å². The summed E-state index contributed by atoms with van der Waals surface area (Å²) < 4.78 is 5.73. The van der Waals surface area contributed by atoms with Gasteiger partial charge in [-0.25, -0.2) is 4.79 Å². The molecule has 6 nitrogen and oxygen atoms in total. The average molecular weight is 475 g/mol. The van der Waals surface area contributed by atoms with Gasteiger partial charge in [0.1, 0.15) is 11.7 Å². The molecule has 34 heavy (non-hydrogen) atoms. The van der Waals surface area contributed by atoms with E-state index < -0.39 is 40.8 Å². The molecular formula is C28H42O6. The number of hydrogen-bond acceptors (Lipinski definition) is 6. The summed E-state index contributed by atoms with van der Waals surface area (Å²) in [5, 5.41) is 45.0. The summed E-state index contributed by atoms with van der Waals surface area (Å²) in [6, 6.07) is 0. The second-order valence-corrected chi connectivity index (χ2v) is 12.7. The minimum atomic E-state index is -1.25. The standard InChI is InChI=1S/C28H42O6/c1-14-10-24(34-25(32)15(14)2)28(5,33)21-9-8-19-18-7-6-16-11-17(29)12-22(30)26(16,3)20(18)13-23(31)27(19,21)4/h6,17-24,29-31,33H,7-13H2,1-5H3/t17-,18+,19+,20+,21+,22+,23-,24-,26+,27+,28-/m1/s1. The molecule has 0 aromatic rings. The van der Waals surface area contributed by atoms with Crippen LogP contribution in [0.2, 0.25) is 0 Å². The Kier molecular flexibility index (Phi) is 5.68. The van der Waals surface area contributed by atoms with Crippen molar-refractivity contribution in [3.05, 3.63) is 22.8 Å². The Balaban J connectivity index is 1.47. The van der Waals surface area contributed by atoms with E-state index in [0.717, 1.165) is 30.4 Å². The van der Waals surface area contributed by atoms with E-state index in [1.807, 2.05) is 6.92 Å². The van der Waals surface area contributed by atoms with Crippen molar-refractivity contribution >= 4 is 5.97 Å². The number of allylic oxidation sites excluding steroid dienone is 1. The monoisotopic (exact) mass is 474 g/mol. The lowest BCUT2D eigenvalue weighted by Gasteiger charge is -2.61. The minimum absolute atomic E-state index is 0.145. The smallest absolute Gasteiger partial charge is 0.334 e. The highest BCUT2D eigenvalue weighted by atomic mass is 16.6. The van der Waals surface area contributed by atoms with Crippen LogP contribution in [0.5, 0.6) is 0 Å². The van der Waals surface area contributed by atoms with Gasteiger partial charge in [-0.2, -0.15) is 0 Å². The summed E-state index contributed by atoms with van der Waals surface area (Å²) in [6.07, 6.45) is 4.53. The molecule has 0 aromatic carbocycles. The van der Waals surface area contributed by atoms with Gasteiger partial charge in [0.2, 0.25) is 0 Å². The van der Waals surface area contributed by atoms with Gasteiger partial charge in [0.25, 0.3) is 0 Å². The van der Waals surface area contributed by atoms with Gasteiger partial charge in [0, 0.05) is 29.2 Å². The SMILES string of the molecule is CC1=C(C)C(=O)O[C@@H]([C@](C)(O)[C@H]2CC[C@H]3[C@@H]4CC=C5C[C@@H](O)C[C@H](O)[C@]5(C)[C@H]4C[C@@H](O)[C@]23C)C1. The van der Waals surface area contributed by atoms with Crippen LogP contribution in [-0.2, 0) is 9.53 Å². The number of hydrogen-bond donors (Lipinski definition) is 4. The van der Waals surface area contributed by atoms with Crippen molar-refractivity contribution in [3.8, 4) is 0 Å². The largest absolute Gasteiger partial charge is 0.456 e. The van der Waals surface area contributed by atoms with E-state index in [1.54, 1.807) is 13.8 Å². The normalized spacial score (nSPS) is 50.5. The number of fused-ring (bicyclic) bond motifs is 5. The first-order chi connectivity index (χ1) is 15.8. The Bertz CT molecular complexity index is 935. The molecule has 1 heterocycles. The molecule has 4 N–H and O–H groups in total. The molecule has 0 saturated heterocycles. The van der Waals surface area contributed by atoms with Gasteiger partial charge in [-0.15, -0.1) is 0 Å². The molecule has 4 aliphatic carbocycles. The molecular weight excluding hydrogens is 432 g/mol. The molecule has 3 fully saturated rings. The molecule has 1 aliphatic heterocycles. The zero-order valence-corrected chi connectivity index (χ0v) is 21.3. The maximum atomic E-state index is 12.4. The van der Waals surface area contributed by atoms with Gasteiger partial charge < -0.3 is 25.2 Å². The minimum Gasteiger partial charge on any atom is -0.456 e. The number of aliphatic hydroxyl groups is 4. The Hall–Kier alpha value is -1.21. The van der Waals surface area contributed by atoms with Crippen molar-refractivity contribution in [1.29, 1.82) is 0 Å². The Labute approximate surface area is 203 Å². The lowest BCUT2D eigenvalue weighted by molar-refractivity contribution is -0.204. The van der Waals surface area contributed by atoms with Gasteiger partial charge >= 0.3 is 5.97 Å². The Morgan fingerprint density at radius 3 is 2.41 bits per heavy atom. The van der Waals surface area contributed by atoms with E-state index in [0.29, 0.717) is 37.2 Å². The van der Waals surface area contributed by atoms with Gasteiger partial charge in [-0.05, 0) is 76.5 Å². The van der Waals surface area contributed by atoms with Gasteiger partial charge in [0.15, 0.2) is 0 Å². The number of carbonyl (C=O) groups is 1. The zero-order chi connectivity index (χ0) is 24.8. The Morgan fingerprint density at radius 2 is 1.74 bits per heavy atom. The molecule has 6 heteroatoms. The first kappa shape index (κ1) is 24.5. The fourth-order valence-corrected chi connectivity index (χ4v) is 9.03. The van der Waals surface area contributed by atoms with Crippen LogP contribution in [0.3, 0.4) is 0 Å². The summed E-state index contributed by atoms with van der Waals surface area (Å²) in [4.78, 5) is 12.4. The van der Waals surface area contributed by atoms with E-state index in [4.69, 9.17) is 4.74 Å². The molecule has 3 saturated carbocycles. The van der Waals surface area contributed by atoms with Crippen LogP contribution in [0.4, 0.5) is 0 Å². The topological polar surface area (TPSA) is 107 Å². The molecule has 5 aliphatic rings. The fraction of sp³-hybridized carbons (Fsp3) is 0.821. The maximum absolute atomic E-state index is 12.4. The number of cyclic esters (lactones) is 1. The second kappa shape index (κ2) is 7.89. The van der Waals surface area contributed by atoms with Crippen LogP contribution >= 0.6 is 0 Å². The predicted octanol–water partition coefficient (Wildman–Crippen LogP) is 3.27. The maximum Gasteiger partial charge on any atom is 0.334 e. The van der Waals surface area contributed by atoms with E-state index in [1.165, 1.54) is 0 Å². The molecule has 0 spiro atoms. The quantitative estimate of drug-likeness (QED) is 0.361. The van der Waals surface area contributed by atoms with Crippen LogP contribution in [0.1, 0.15) is 79.6 Å². The lowest BCUT2D eigenvalue weighted by Crippen LogP contribution is -2.62. The number of carbonyl (C=O) groups excluding carboxylic acids is 1. The van der Waals surface area contributed by atoms with Gasteiger partial charge in [-0.1, -0.05) is 31.1 Å². The highest BCUT2D eigenvalue weighted by molar-refractivity contribution is 5.89. The van der Waals surface area contributed by atoms with Crippen LogP contribution in [0.25, 0.3) is 0 Å². The third kappa shape index (κ3) is 3.17. The van der Waals surface area contributed by atoms with Crippen molar-refractivity contribution in [2.24, 2.45) is 34.5 Å². The highest BCUT2D eigenvalue weighted by Gasteiger charge is 2.67. The highest BCUT2D eigenvalue weighted by Crippen LogP contribution is 2.68. The van der Waals surface area contributed by atoms with Crippen LogP contribution in [0.15, 0.2) is 22.8 Å². The molecule has 190 valence electrons. The molecule has 5 rings (SSSR count). The zero-order valence-electron chi connectivity index (χ0n) is 21.3. The Morgan fingerprint density at radius 1 is 1.03 bits per heavy atom. The van der Waals surface area contributed by atoms with Crippen molar-refractivity contribution < 1.29 is 30.0 Å². The van der Waals surface area contributed by atoms with Crippen LogP contribution < -0.4 is 0 Å². The van der Waals surface area contributed by atoms with Crippen LogP contribution in [-0.4, -0.2) is 56.4 Å². The van der Waals surface area contributed by atoms with Crippen LogP contribution in [0, 0.1) is 34.5 Å². The summed E-state index contributed by atoms with van der Waals surface area (Å²) in [6.45, 7) is 9.75. The van der Waals surface area contributed by atoms with E-state index >= 15 is 0 Å². The predicted molar refractivity (Wildman–Crippen MR) is 127 cm³/mol. The number of ether oxygens (including phenoxy) is 1. The van der Waals surface area contributed by atoms with Crippen molar-refractivity contribution in [1.82, 2.24) is 0 Å². The third-order valence-corrected chi connectivity index (χ3v) is 11.3. The first-order valence-electron chi connectivity index (χ1n) is 13.2. The van der Waals surface area contributed by atoms with Crippen molar-refractivity contribution in [2.75, 3.05) is 0 Å². The summed E-state index contributed by atoms with van der Waals surface area (Å²) in [7, 11) is 0. The molecule has 11 atom stereocenters. The molecule has 0 unspecified atom stereocenters. The van der Waals surface area contributed by atoms with Gasteiger partial charge in [0.05, 0.1) is 18.3 Å². The van der Waals surface area contributed by atoms with Crippen molar-refractivity contribution in [3.63, 3.8) is 0 Å². The average Bonchev–Trinajstić information content (AvgIpc) is 3.13. The molecule has 0 amide bonds. The van der Waals surface area contributed by atoms with E-state index in [2.05, 4.69) is 19.9 Å². The summed E-state index contributed by atoms with van der Waals surface area (Å²) in [5.74, 6) is 0.118. The lowest BCUT2D eigenvalue weighted by atomic mass is 9.45. The number of esters is 1. The third-order valence-electron chi connectivity index (χ3n) is 11.3. The first-order valence-corrected chi connectivity index (χ1v) is 13.2. The van der Waals surface area contributed by atoms with Crippen molar-refractivity contribution in [2.45, 2.75) is 110 Å². The molecule has 0 radical (unpaired) electrons. The molecule has 0 bridgehead atoms. The van der Waals surface area contributed by atoms with Gasteiger partial charge in [-0.3, -0.25) is 0 Å². The molecule has 0 aromatic heterocycles. The fourth-order valence-electron chi connectivity index (χ4n) is 9.03. The second-order valence-electron chi connectivity index (χ2n) is 12.7. The van der Waals surface area contributed by atoms with E-state index in [9.17, 15) is 25.2 Å². The summed E-state index contributed by atoms with van der Waals surface area (Å²) in [5.41, 5.74) is 0.548. The number of aliphatic hydroxyl groups excluding tert-OH is 3. The number of rotatable bonds is 2.